The molecule has 0 unspecified atom stereocenters. The van der Waals surface area contributed by atoms with E-state index < -0.39 is 12.1 Å². The summed E-state index contributed by atoms with van der Waals surface area (Å²) in [6, 6.07) is 8.44. The van der Waals surface area contributed by atoms with Gasteiger partial charge in [-0.05, 0) is 25.5 Å². The van der Waals surface area contributed by atoms with Crippen LogP contribution in [0.3, 0.4) is 0 Å². The molecule has 1 N–H and O–H groups in total. The van der Waals surface area contributed by atoms with Crippen LogP contribution >= 0.6 is 11.6 Å². The second kappa shape index (κ2) is 6.87. The number of carbonyl (C=O) groups excluding carboxylic acids is 1. The van der Waals surface area contributed by atoms with Crippen molar-refractivity contribution in [3.8, 4) is 11.8 Å². The first kappa shape index (κ1) is 14.3. The molecule has 0 aliphatic heterocycles. The average Bonchev–Trinajstić information content (AvgIpc) is 2.38. The third kappa shape index (κ3) is 3.94. The van der Waals surface area contributed by atoms with Crippen LogP contribution < -0.4 is 10.1 Å². The zero-order chi connectivity index (χ0) is 13.5. The monoisotopic (exact) mass is 266 g/mol. The smallest absolute Gasteiger partial charge is 0.261 e. The van der Waals surface area contributed by atoms with E-state index in [1.165, 1.54) is 0 Å². The number of nitrogens with zero attached hydrogens (tertiary/aromatic N) is 1. The van der Waals surface area contributed by atoms with Crippen LogP contribution in [0.5, 0.6) is 5.75 Å². The molecule has 1 aromatic rings. The predicted octanol–water partition coefficient (Wildman–Crippen LogP) is 2.53. The highest BCUT2D eigenvalue weighted by molar-refractivity contribution is 6.32. The molecular weight excluding hydrogens is 252 g/mol. The Bertz CT molecular complexity index is 457. The summed E-state index contributed by atoms with van der Waals surface area (Å²) >= 11 is 5.92. The van der Waals surface area contributed by atoms with Crippen molar-refractivity contribution in [1.82, 2.24) is 5.32 Å². The van der Waals surface area contributed by atoms with Gasteiger partial charge in [-0.1, -0.05) is 30.7 Å². The number of nitriles is 1. The molecule has 1 aromatic carbocycles. The number of halogens is 1. The summed E-state index contributed by atoms with van der Waals surface area (Å²) in [6.07, 6.45) is -0.145. The topological polar surface area (TPSA) is 62.1 Å². The van der Waals surface area contributed by atoms with Gasteiger partial charge < -0.3 is 10.1 Å². The van der Waals surface area contributed by atoms with E-state index in [1.54, 1.807) is 31.2 Å². The van der Waals surface area contributed by atoms with Crippen molar-refractivity contribution < 1.29 is 9.53 Å². The van der Waals surface area contributed by atoms with Gasteiger partial charge in [0.1, 0.15) is 11.8 Å². The highest BCUT2D eigenvalue weighted by atomic mass is 35.5. The summed E-state index contributed by atoms with van der Waals surface area (Å²) in [6.45, 7) is 3.44. The van der Waals surface area contributed by atoms with Gasteiger partial charge in [0.2, 0.25) is 0 Å². The van der Waals surface area contributed by atoms with E-state index in [9.17, 15) is 4.79 Å². The zero-order valence-electron chi connectivity index (χ0n) is 10.3. The second-order valence-corrected chi connectivity index (χ2v) is 4.20. The van der Waals surface area contributed by atoms with Crippen molar-refractivity contribution in [2.24, 2.45) is 0 Å². The average molecular weight is 267 g/mol. The molecule has 0 bridgehead atoms. The number of benzene rings is 1. The van der Waals surface area contributed by atoms with Crippen LogP contribution in [0, 0.1) is 11.3 Å². The lowest BCUT2D eigenvalue weighted by atomic mass is 10.2. The highest BCUT2D eigenvalue weighted by Crippen LogP contribution is 2.24. The van der Waals surface area contributed by atoms with Crippen molar-refractivity contribution in [2.75, 3.05) is 0 Å². The van der Waals surface area contributed by atoms with E-state index in [0.29, 0.717) is 17.2 Å². The number of hydrogen-bond acceptors (Lipinski definition) is 3. The first-order chi connectivity index (χ1) is 8.58. The molecule has 0 saturated heterocycles. The van der Waals surface area contributed by atoms with Gasteiger partial charge in [-0.2, -0.15) is 5.26 Å². The Kier molecular flexibility index (Phi) is 5.47. The van der Waals surface area contributed by atoms with Gasteiger partial charge in [-0.15, -0.1) is 0 Å². The van der Waals surface area contributed by atoms with Crippen molar-refractivity contribution in [2.45, 2.75) is 32.4 Å². The van der Waals surface area contributed by atoms with Gasteiger partial charge in [0, 0.05) is 0 Å². The number of ether oxygens (including phenoxy) is 1. The summed E-state index contributed by atoms with van der Waals surface area (Å²) in [5.74, 6) is 0.121. The van der Waals surface area contributed by atoms with Crippen LogP contribution in [0.1, 0.15) is 20.3 Å². The molecule has 1 amide bonds. The lowest BCUT2D eigenvalue weighted by Crippen LogP contribution is -2.41. The van der Waals surface area contributed by atoms with E-state index in [0.717, 1.165) is 0 Å². The second-order valence-electron chi connectivity index (χ2n) is 3.79. The predicted molar refractivity (Wildman–Crippen MR) is 69.4 cm³/mol. The Hall–Kier alpha value is -1.73. The van der Waals surface area contributed by atoms with E-state index in [4.69, 9.17) is 21.6 Å². The van der Waals surface area contributed by atoms with Gasteiger partial charge in [0.05, 0.1) is 11.1 Å². The van der Waals surface area contributed by atoms with Crippen LogP contribution in [0.25, 0.3) is 0 Å². The van der Waals surface area contributed by atoms with Gasteiger partial charge in [0.25, 0.3) is 5.91 Å². The first-order valence-electron chi connectivity index (χ1n) is 5.69. The van der Waals surface area contributed by atoms with Crippen molar-refractivity contribution in [1.29, 1.82) is 5.26 Å². The van der Waals surface area contributed by atoms with Crippen molar-refractivity contribution >= 4 is 17.5 Å². The Labute approximate surface area is 112 Å². The molecule has 1 rings (SSSR count). The number of carbonyl (C=O) groups is 1. The van der Waals surface area contributed by atoms with Crippen LogP contribution in [0.4, 0.5) is 0 Å². The Balaban J connectivity index is 2.61. The lowest BCUT2D eigenvalue weighted by molar-refractivity contribution is -0.127. The molecule has 0 heterocycles. The minimum Gasteiger partial charge on any atom is -0.479 e. The molecular formula is C13H15ClN2O2. The van der Waals surface area contributed by atoms with Crippen LogP contribution in [-0.4, -0.2) is 18.1 Å². The molecule has 0 aromatic heterocycles. The van der Waals surface area contributed by atoms with Gasteiger partial charge >= 0.3 is 0 Å². The van der Waals surface area contributed by atoms with Crippen molar-refractivity contribution in [3.05, 3.63) is 29.3 Å². The summed E-state index contributed by atoms with van der Waals surface area (Å²) in [7, 11) is 0. The minimum absolute atomic E-state index is 0.330. The van der Waals surface area contributed by atoms with E-state index in [1.807, 2.05) is 13.0 Å². The number of nitrogens with one attached hydrogen (secondary N) is 1. The Morgan fingerprint density at radius 2 is 2.22 bits per heavy atom. The molecule has 4 nitrogen and oxygen atoms in total. The molecule has 96 valence electrons. The first-order valence-corrected chi connectivity index (χ1v) is 6.07. The number of amides is 1. The number of para-hydroxylation sites is 1. The number of rotatable bonds is 5. The molecule has 2 atom stereocenters. The summed E-state index contributed by atoms with van der Waals surface area (Å²) in [5.41, 5.74) is 0. The molecule has 0 fully saturated rings. The highest BCUT2D eigenvalue weighted by Gasteiger charge is 2.18. The third-order valence-corrected chi connectivity index (χ3v) is 2.70. The quantitative estimate of drug-likeness (QED) is 0.891. The van der Waals surface area contributed by atoms with Crippen LogP contribution in [-0.2, 0) is 4.79 Å². The van der Waals surface area contributed by atoms with E-state index in [-0.39, 0.29) is 5.91 Å². The van der Waals surface area contributed by atoms with Crippen LogP contribution in [0.15, 0.2) is 24.3 Å². The lowest BCUT2D eigenvalue weighted by Gasteiger charge is -2.17. The fourth-order valence-corrected chi connectivity index (χ4v) is 1.48. The number of hydrogen-bond donors (Lipinski definition) is 1. The SMILES string of the molecule is CC[C@@H](C#N)NC(=O)[C@@H](C)Oc1ccccc1Cl. The minimum atomic E-state index is -0.702. The Morgan fingerprint density at radius 1 is 1.56 bits per heavy atom. The fraction of sp³-hybridized carbons (Fsp3) is 0.385. The third-order valence-electron chi connectivity index (χ3n) is 2.39. The van der Waals surface area contributed by atoms with Gasteiger partial charge in [-0.25, -0.2) is 0 Å². The fourth-order valence-electron chi connectivity index (χ4n) is 1.30. The molecule has 18 heavy (non-hydrogen) atoms. The maximum atomic E-state index is 11.8. The molecule has 5 heteroatoms. The molecule has 0 aliphatic rings. The zero-order valence-corrected chi connectivity index (χ0v) is 11.1. The molecule has 0 spiro atoms. The van der Waals surface area contributed by atoms with Gasteiger partial charge in [-0.3, -0.25) is 4.79 Å². The van der Waals surface area contributed by atoms with Crippen molar-refractivity contribution in [3.63, 3.8) is 0 Å². The normalized spacial score (nSPS) is 13.2. The molecule has 0 saturated carbocycles. The van der Waals surface area contributed by atoms with Gasteiger partial charge in [0.15, 0.2) is 6.10 Å². The maximum absolute atomic E-state index is 11.8. The molecule has 0 aliphatic carbocycles. The van der Waals surface area contributed by atoms with E-state index in [2.05, 4.69) is 5.32 Å². The summed E-state index contributed by atoms with van der Waals surface area (Å²) < 4.78 is 5.44. The molecule has 0 radical (unpaired) electrons. The summed E-state index contributed by atoms with van der Waals surface area (Å²) in [4.78, 5) is 11.8. The van der Waals surface area contributed by atoms with E-state index >= 15 is 0 Å². The van der Waals surface area contributed by atoms with Crippen LogP contribution in [0.2, 0.25) is 5.02 Å². The summed E-state index contributed by atoms with van der Waals surface area (Å²) in [5, 5.41) is 11.8. The largest absolute Gasteiger partial charge is 0.479 e. The standard InChI is InChI=1S/C13H15ClN2O2/c1-3-10(8-15)16-13(17)9(2)18-12-7-5-4-6-11(12)14/h4-7,9-10H,3H2,1-2H3,(H,16,17)/t9-,10+/m1/s1. The Morgan fingerprint density at radius 3 is 2.78 bits per heavy atom. The maximum Gasteiger partial charge on any atom is 0.261 e.